The van der Waals surface area contributed by atoms with Crippen LogP contribution in [0.4, 0.5) is 0 Å². The monoisotopic (exact) mass is 156 g/mol. The van der Waals surface area contributed by atoms with Crippen LogP contribution < -0.4 is 0 Å². The quantitative estimate of drug-likeness (QED) is 0.587. The molecule has 0 radical (unpaired) electrons. The summed E-state index contributed by atoms with van der Waals surface area (Å²) in [6.07, 6.45) is 3.85. The molecule has 1 aliphatic rings. The highest BCUT2D eigenvalue weighted by Crippen LogP contribution is 2.28. The van der Waals surface area contributed by atoms with Gasteiger partial charge >= 0.3 is 0 Å². The molecular formula is C9H16O2. The van der Waals surface area contributed by atoms with E-state index in [0.717, 1.165) is 31.3 Å². The molecule has 1 fully saturated rings. The Labute approximate surface area is 67.6 Å². The summed E-state index contributed by atoms with van der Waals surface area (Å²) in [5, 5.41) is 18.3. The molecule has 0 saturated heterocycles. The van der Waals surface area contributed by atoms with Crippen molar-refractivity contribution in [2.24, 2.45) is 5.92 Å². The highest BCUT2D eigenvalue weighted by molar-refractivity contribution is 5.04. The number of rotatable bonds is 2. The molecule has 0 aromatic heterocycles. The van der Waals surface area contributed by atoms with Gasteiger partial charge in [0, 0.05) is 5.92 Å². The second kappa shape index (κ2) is 3.88. The summed E-state index contributed by atoms with van der Waals surface area (Å²) in [5.41, 5.74) is 0.789. The maximum Gasteiger partial charge on any atom is 0.0642 e. The zero-order valence-corrected chi connectivity index (χ0v) is 6.79. The van der Waals surface area contributed by atoms with Crippen LogP contribution in [0.25, 0.3) is 0 Å². The van der Waals surface area contributed by atoms with Crippen molar-refractivity contribution in [2.45, 2.75) is 31.8 Å². The van der Waals surface area contributed by atoms with Gasteiger partial charge in [0.05, 0.1) is 12.7 Å². The average molecular weight is 156 g/mol. The lowest BCUT2D eigenvalue weighted by Crippen LogP contribution is -2.26. The third-order valence-electron chi connectivity index (χ3n) is 2.46. The lowest BCUT2D eigenvalue weighted by atomic mass is 9.82. The molecular weight excluding hydrogens is 140 g/mol. The SMILES string of the molecule is C=C(CO)[C@H]1CCCC[C@H]1O. The number of aliphatic hydroxyl groups is 2. The maximum atomic E-state index is 9.50. The fraction of sp³-hybridized carbons (Fsp3) is 0.778. The van der Waals surface area contributed by atoms with Gasteiger partial charge in [-0.15, -0.1) is 0 Å². The molecule has 0 aliphatic heterocycles. The van der Waals surface area contributed by atoms with E-state index in [1.54, 1.807) is 0 Å². The number of hydrogen-bond donors (Lipinski definition) is 2. The zero-order valence-electron chi connectivity index (χ0n) is 6.79. The molecule has 0 heterocycles. The number of aliphatic hydroxyl groups excluding tert-OH is 2. The second-order valence-electron chi connectivity index (χ2n) is 3.27. The first kappa shape index (κ1) is 8.75. The van der Waals surface area contributed by atoms with Gasteiger partial charge in [0.2, 0.25) is 0 Å². The molecule has 64 valence electrons. The predicted molar refractivity (Wildman–Crippen MR) is 44.2 cm³/mol. The van der Waals surface area contributed by atoms with Crippen LogP contribution >= 0.6 is 0 Å². The first-order valence-electron chi connectivity index (χ1n) is 4.22. The Morgan fingerprint density at radius 2 is 2.00 bits per heavy atom. The molecule has 0 amide bonds. The van der Waals surface area contributed by atoms with Gasteiger partial charge < -0.3 is 10.2 Å². The summed E-state index contributed by atoms with van der Waals surface area (Å²) >= 11 is 0. The van der Waals surface area contributed by atoms with Gasteiger partial charge in [-0.25, -0.2) is 0 Å². The van der Waals surface area contributed by atoms with Gasteiger partial charge in [-0.2, -0.15) is 0 Å². The third-order valence-corrected chi connectivity index (χ3v) is 2.46. The van der Waals surface area contributed by atoms with Crippen molar-refractivity contribution in [1.82, 2.24) is 0 Å². The summed E-state index contributed by atoms with van der Waals surface area (Å²) in [4.78, 5) is 0. The molecule has 1 rings (SSSR count). The summed E-state index contributed by atoms with van der Waals surface area (Å²) in [6.45, 7) is 3.75. The Morgan fingerprint density at radius 1 is 1.36 bits per heavy atom. The van der Waals surface area contributed by atoms with Crippen molar-refractivity contribution in [3.8, 4) is 0 Å². The van der Waals surface area contributed by atoms with Crippen LogP contribution in [0.2, 0.25) is 0 Å². The minimum atomic E-state index is -0.261. The normalized spacial score (nSPS) is 31.8. The van der Waals surface area contributed by atoms with Crippen molar-refractivity contribution in [1.29, 1.82) is 0 Å². The number of hydrogen-bond acceptors (Lipinski definition) is 2. The molecule has 11 heavy (non-hydrogen) atoms. The fourth-order valence-corrected chi connectivity index (χ4v) is 1.70. The zero-order chi connectivity index (χ0) is 8.27. The topological polar surface area (TPSA) is 40.5 Å². The molecule has 0 unspecified atom stereocenters. The smallest absolute Gasteiger partial charge is 0.0642 e. The third kappa shape index (κ3) is 2.04. The van der Waals surface area contributed by atoms with Gasteiger partial charge in [-0.05, 0) is 18.4 Å². The summed E-state index contributed by atoms with van der Waals surface area (Å²) in [6, 6.07) is 0. The van der Waals surface area contributed by atoms with E-state index < -0.39 is 0 Å². The van der Waals surface area contributed by atoms with E-state index in [2.05, 4.69) is 6.58 Å². The van der Waals surface area contributed by atoms with Crippen LogP contribution in [0.15, 0.2) is 12.2 Å². The minimum absolute atomic E-state index is 0.0156. The molecule has 0 aromatic carbocycles. The molecule has 1 saturated carbocycles. The highest BCUT2D eigenvalue weighted by atomic mass is 16.3. The fourth-order valence-electron chi connectivity index (χ4n) is 1.70. The average Bonchev–Trinajstić information content (AvgIpc) is 2.04. The van der Waals surface area contributed by atoms with Crippen molar-refractivity contribution in [3.05, 3.63) is 12.2 Å². The Balaban J connectivity index is 2.47. The lowest BCUT2D eigenvalue weighted by Gasteiger charge is -2.28. The van der Waals surface area contributed by atoms with Gasteiger partial charge in [-0.3, -0.25) is 0 Å². The Kier molecular flexibility index (Phi) is 3.09. The maximum absolute atomic E-state index is 9.50. The molecule has 0 aromatic rings. The van der Waals surface area contributed by atoms with Crippen LogP contribution in [-0.4, -0.2) is 22.9 Å². The van der Waals surface area contributed by atoms with Crippen molar-refractivity contribution in [3.63, 3.8) is 0 Å². The Hall–Kier alpha value is -0.340. The van der Waals surface area contributed by atoms with Crippen molar-refractivity contribution < 1.29 is 10.2 Å². The van der Waals surface area contributed by atoms with Crippen LogP contribution in [-0.2, 0) is 0 Å². The molecule has 0 bridgehead atoms. The molecule has 2 heteroatoms. The van der Waals surface area contributed by atoms with Gasteiger partial charge in [0.25, 0.3) is 0 Å². The van der Waals surface area contributed by atoms with Gasteiger partial charge in [-0.1, -0.05) is 19.4 Å². The van der Waals surface area contributed by atoms with Crippen LogP contribution in [0.3, 0.4) is 0 Å². The first-order valence-corrected chi connectivity index (χ1v) is 4.22. The first-order chi connectivity index (χ1) is 5.25. The standard InChI is InChI=1S/C9H16O2/c1-7(6-10)8-4-2-3-5-9(8)11/h8-11H,1-6H2/t8-,9-/m1/s1. The summed E-state index contributed by atoms with van der Waals surface area (Å²) < 4.78 is 0. The highest BCUT2D eigenvalue weighted by Gasteiger charge is 2.24. The van der Waals surface area contributed by atoms with Gasteiger partial charge in [0.1, 0.15) is 0 Å². The van der Waals surface area contributed by atoms with E-state index in [9.17, 15) is 5.11 Å². The largest absolute Gasteiger partial charge is 0.393 e. The molecule has 2 atom stereocenters. The molecule has 2 nitrogen and oxygen atoms in total. The lowest BCUT2D eigenvalue weighted by molar-refractivity contribution is 0.0817. The van der Waals surface area contributed by atoms with Gasteiger partial charge in [0.15, 0.2) is 0 Å². The Bertz CT molecular complexity index is 142. The van der Waals surface area contributed by atoms with E-state index in [0.29, 0.717) is 0 Å². The molecule has 1 aliphatic carbocycles. The molecule has 0 spiro atoms. The van der Waals surface area contributed by atoms with Crippen LogP contribution in [0.1, 0.15) is 25.7 Å². The van der Waals surface area contributed by atoms with E-state index >= 15 is 0 Å². The minimum Gasteiger partial charge on any atom is -0.393 e. The van der Waals surface area contributed by atoms with Crippen LogP contribution in [0.5, 0.6) is 0 Å². The van der Waals surface area contributed by atoms with E-state index in [4.69, 9.17) is 5.11 Å². The molecule has 2 N–H and O–H groups in total. The summed E-state index contributed by atoms with van der Waals surface area (Å²) in [5.74, 6) is 0.147. The second-order valence-corrected chi connectivity index (χ2v) is 3.27. The summed E-state index contributed by atoms with van der Waals surface area (Å²) in [7, 11) is 0. The van der Waals surface area contributed by atoms with E-state index in [-0.39, 0.29) is 18.6 Å². The predicted octanol–water partition coefficient (Wildman–Crippen LogP) is 1.09. The van der Waals surface area contributed by atoms with E-state index in [1.807, 2.05) is 0 Å². The Morgan fingerprint density at radius 3 is 2.55 bits per heavy atom. The van der Waals surface area contributed by atoms with Crippen molar-refractivity contribution >= 4 is 0 Å². The van der Waals surface area contributed by atoms with Crippen LogP contribution in [0, 0.1) is 5.92 Å². The van der Waals surface area contributed by atoms with E-state index in [1.165, 1.54) is 0 Å². The van der Waals surface area contributed by atoms with Crippen molar-refractivity contribution in [2.75, 3.05) is 6.61 Å².